The number of phenols is 2. The molecular weight excluding hydrogens is 280 g/mol. The number of hydrogen-bond acceptors (Lipinski definition) is 3. The number of aromatic hydroxyl groups is 2. The molecule has 0 unspecified atom stereocenters. The maximum Gasteiger partial charge on any atom is 0.328 e. The molecule has 0 saturated carbocycles. The Morgan fingerprint density at radius 1 is 1.29 bits per heavy atom. The summed E-state index contributed by atoms with van der Waals surface area (Å²) in [6.07, 6.45) is 2.16. The minimum atomic E-state index is -1.09. The fourth-order valence-corrected chi connectivity index (χ4v) is 0.834. The molecule has 0 bridgehead atoms. The number of phenolic OH excluding ortho intramolecular Hbond substituents is 2. The molecule has 0 heterocycles. The van der Waals surface area contributed by atoms with Crippen molar-refractivity contribution in [2.45, 2.75) is 0 Å². The molecule has 0 saturated heterocycles. The van der Waals surface area contributed by atoms with E-state index in [1.165, 1.54) is 18.2 Å². The Balaban J connectivity index is 0.00000169. The zero-order valence-corrected chi connectivity index (χ0v) is 8.42. The molecule has 0 aliphatic carbocycles. The van der Waals surface area contributed by atoms with Crippen molar-refractivity contribution in [2.24, 2.45) is 0 Å². The van der Waals surface area contributed by atoms with Crippen molar-refractivity contribution in [3.8, 4) is 11.5 Å². The van der Waals surface area contributed by atoms with E-state index in [1.54, 1.807) is 0 Å². The van der Waals surface area contributed by atoms with Gasteiger partial charge in [0.25, 0.3) is 0 Å². The van der Waals surface area contributed by atoms with E-state index in [1.807, 2.05) is 0 Å². The van der Waals surface area contributed by atoms with Gasteiger partial charge in [0.1, 0.15) is 11.5 Å². The zero-order valence-electron chi connectivity index (χ0n) is 6.94. The van der Waals surface area contributed by atoms with Gasteiger partial charge >= 0.3 is 5.97 Å². The maximum absolute atomic E-state index is 10.1. The average molecular weight is 288 g/mol. The van der Waals surface area contributed by atoms with Crippen LogP contribution in [0.4, 0.5) is 0 Å². The van der Waals surface area contributed by atoms with Crippen LogP contribution in [0.15, 0.2) is 24.3 Å². The average Bonchev–Trinajstić information content (AvgIpc) is 2.02. The summed E-state index contributed by atoms with van der Waals surface area (Å²) < 4.78 is 0. The fourth-order valence-electron chi connectivity index (χ4n) is 0.834. The van der Waals surface area contributed by atoms with Crippen LogP contribution >= 0.6 is 0 Å². The Bertz CT molecular complexity index is 360. The van der Waals surface area contributed by atoms with E-state index >= 15 is 0 Å². The van der Waals surface area contributed by atoms with Crippen LogP contribution in [0.2, 0.25) is 0 Å². The van der Waals surface area contributed by atoms with E-state index in [0.717, 1.165) is 12.1 Å². The molecule has 4 nitrogen and oxygen atoms in total. The van der Waals surface area contributed by atoms with Crippen LogP contribution in [0.25, 0.3) is 6.08 Å². The first-order valence-corrected chi connectivity index (χ1v) is 3.52. The minimum Gasteiger partial charge on any atom is -0.508 e. The molecule has 0 aliphatic heterocycles. The molecule has 0 amide bonds. The van der Waals surface area contributed by atoms with Crippen molar-refractivity contribution in [1.29, 1.82) is 0 Å². The van der Waals surface area contributed by atoms with Gasteiger partial charge < -0.3 is 15.3 Å². The van der Waals surface area contributed by atoms with Crippen LogP contribution in [0.3, 0.4) is 0 Å². The van der Waals surface area contributed by atoms with Crippen LogP contribution in [-0.4, -0.2) is 21.3 Å². The van der Waals surface area contributed by atoms with E-state index in [-0.39, 0.29) is 33.9 Å². The third-order valence-electron chi connectivity index (χ3n) is 1.42. The van der Waals surface area contributed by atoms with Crippen molar-refractivity contribution in [1.82, 2.24) is 0 Å². The predicted molar refractivity (Wildman–Crippen MR) is 46.4 cm³/mol. The summed E-state index contributed by atoms with van der Waals surface area (Å²) >= 11 is 0. The van der Waals surface area contributed by atoms with Gasteiger partial charge in [0.05, 0.1) is 0 Å². The molecule has 1 rings (SSSR count). The maximum atomic E-state index is 10.1. The summed E-state index contributed by atoms with van der Waals surface area (Å²) in [4.78, 5) is 10.1. The second kappa shape index (κ2) is 5.49. The van der Waals surface area contributed by atoms with Gasteiger partial charge in [-0.3, -0.25) is 0 Å². The Kier molecular flexibility index (Phi) is 5.01. The normalized spacial score (nSPS) is 9.71. The molecule has 0 atom stereocenters. The van der Waals surface area contributed by atoms with Gasteiger partial charge in [-0.2, -0.15) is 0 Å². The molecule has 79 valence electrons. The quantitative estimate of drug-likeness (QED) is 0.564. The monoisotopic (exact) mass is 287 g/mol. The second-order valence-electron chi connectivity index (χ2n) is 2.41. The molecule has 1 radical (unpaired) electrons. The molecular formula is C9H8AgO4. The van der Waals surface area contributed by atoms with Crippen molar-refractivity contribution in [3.63, 3.8) is 0 Å². The van der Waals surface area contributed by atoms with E-state index < -0.39 is 5.97 Å². The summed E-state index contributed by atoms with van der Waals surface area (Å²) in [7, 11) is 0. The molecule has 1 aromatic rings. The zero-order chi connectivity index (χ0) is 9.84. The third kappa shape index (κ3) is 3.66. The number of carbonyl (C=O) groups is 1. The van der Waals surface area contributed by atoms with Crippen molar-refractivity contribution < 1.29 is 42.5 Å². The van der Waals surface area contributed by atoms with Gasteiger partial charge in [0.15, 0.2) is 0 Å². The van der Waals surface area contributed by atoms with Crippen LogP contribution in [0.5, 0.6) is 11.5 Å². The third-order valence-corrected chi connectivity index (χ3v) is 1.42. The van der Waals surface area contributed by atoms with Gasteiger partial charge in [-0.15, -0.1) is 0 Å². The van der Waals surface area contributed by atoms with Crippen LogP contribution in [-0.2, 0) is 27.2 Å². The van der Waals surface area contributed by atoms with Gasteiger partial charge in [0, 0.05) is 40.1 Å². The summed E-state index contributed by atoms with van der Waals surface area (Å²) in [5.41, 5.74) is 0.347. The second-order valence-corrected chi connectivity index (χ2v) is 2.41. The number of carboxylic acids is 1. The summed E-state index contributed by atoms with van der Waals surface area (Å²) in [6.45, 7) is 0. The van der Waals surface area contributed by atoms with Gasteiger partial charge in [0.2, 0.25) is 0 Å². The first kappa shape index (κ1) is 12.8. The summed E-state index contributed by atoms with van der Waals surface area (Å²) in [6, 6.07) is 3.92. The molecule has 0 fully saturated rings. The smallest absolute Gasteiger partial charge is 0.328 e. The number of rotatable bonds is 2. The summed E-state index contributed by atoms with van der Waals surface area (Å²) in [5, 5.41) is 26.4. The predicted octanol–water partition coefficient (Wildman–Crippen LogP) is 1.19. The number of aliphatic carboxylic acids is 1. The fraction of sp³-hybridized carbons (Fsp3) is 0. The Morgan fingerprint density at radius 2 is 1.93 bits per heavy atom. The first-order valence-electron chi connectivity index (χ1n) is 3.52. The number of carboxylic acid groups (broad SMARTS) is 1. The molecule has 5 heteroatoms. The Hall–Kier alpha value is -1.23. The van der Waals surface area contributed by atoms with Crippen LogP contribution in [0.1, 0.15) is 5.56 Å². The van der Waals surface area contributed by atoms with Gasteiger partial charge in [-0.05, 0) is 18.2 Å². The molecule has 0 aliphatic rings. The van der Waals surface area contributed by atoms with E-state index in [2.05, 4.69) is 0 Å². The molecule has 14 heavy (non-hydrogen) atoms. The van der Waals surface area contributed by atoms with Gasteiger partial charge in [-0.25, -0.2) is 4.79 Å². The standard InChI is InChI=1S/C9H8O4.Ag/c10-7-3-1-6(8(11)5-7)2-4-9(12)13;/h1-5,10-11H,(H,12,13);. The Morgan fingerprint density at radius 3 is 2.43 bits per heavy atom. The van der Waals surface area contributed by atoms with E-state index in [4.69, 9.17) is 10.2 Å². The van der Waals surface area contributed by atoms with Crippen molar-refractivity contribution in [2.75, 3.05) is 0 Å². The largest absolute Gasteiger partial charge is 0.508 e. The Labute approximate surface area is 96.0 Å². The van der Waals surface area contributed by atoms with E-state index in [9.17, 15) is 9.90 Å². The van der Waals surface area contributed by atoms with Crippen molar-refractivity contribution >= 4 is 12.0 Å². The molecule has 0 aromatic heterocycles. The SMILES string of the molecule is O=C(O)C=Cc1ccc(O)cc1O.[Ag]. The molecule has 1 aromatic carbocycles. The topological polar surface area (TPSA) is 77.8 Å². The number of benzene rings is 1. The van der Waals surface area contributed by atoms with Crippen molar-refractivity contribution in [3.05, 3.63) is 29.8 Å². The molecule has 3 N–H and O–H groups in total. The first-order chi connectivity index (χ1) is 6.09. The number of hydrogen-bond donors (Lipinski definition) is 3. The minimum absolute atomic E-state index is 0. The van der Waals surface area contributed by atoms with Crippen LogP contribution < -0.4 is 0 Å². The summed E-state index contributed by atoms with van der Waals surface area (Å²) in [5.74, 6) is -1.31. The molecule has 0 spiro atoms. The van der Waals surface area contributed by atoms with Gasteiger partial charge in [-0.1, -0.05) is 0 Å². The van der Waals surface area contributed by atoms with E-state index in [0.29, 0.717) is 5.56 Å². The van der Waals surface area contributed by atoms with Crippen LogP contribution in [0, 0.1) is 0 Å².